The summed E-state index contributed by atoms with van der Waals surface area (Å²) in [4.78, 5) is 25.4. The number of nitro groups is 1. The molecule has 31 heavy (non-hydrogen) atoms. The second-order valence-electron chi connectivity index (χ2n) is 7.49. The Balaban J connectivity index is 1.42. The van der Waals surface area contributed by atoms with Crippen LogP contribution in [0.5, 0.6) is 11.5 Å². The molecule has 0 saturated carbocycles. The molecule has 1 aromatic heterocycles. The van der Waals surface area contributed by atoms with Gasteiger partial charge in [-0.3, -0.25) is 19.8 Å². The molecule has 0 radical (unpaired) electrons. The summed E-state index contributed by atoms with van der Waals surface area (Å²) in [6.07, 6.45) is 3.23. The number of carbonyl (C=O) groups is 1. The fourth-order valence-corrected chi connectivity index (χ4v) is 3.86. The molecule has 2 aliphatic heterocycles. The van der Waals surface area contributed by atoms with E-state index in [1.54, 1.807) is 24.5 Å². The van der Waals surface area contributed by atoms with Crippen molar-refractivity contribution in [1.82, 2.24) is 4.90 Å². The number of furan rings is 1. The first-order valence-corrected chi connectivity index (χ1v) is 9.72. The van der Waals surface area contributed by atoms with Gasteiger partial charge in [0.2, 0.25) is 5.78 Å². The van der Waals surface area contributed by atoms with E-state index in [0.29, 0.717) is 36.7 Å². The van der Waals surface area contributed by atoms with Crippen LogP contribution in [0.25, 0.3) is 6.08 Å². The minimum absolute atomic E-state index is 0.0103. The summed E-state index contributed by atoms with van der Waals surface area (Å²) in [6.45, 7) is 3.52. The van der Waals surface area contributed by atoms with Gasteiger partial charge >= 0.3 is 0 Å². The Morgan fingerprint density at radius 1 is 1.19 bits per heavy atom. The smallest absolute Gasteiger partial charge is 0.269 e. The number of allylic oxidation sites excluding steroid dienone is 1. The number of rotatable bonds is 4. The molecule has 0 unspecified atom stereocenters. The Morgan fingerprint density at radius 3 is 2.71 bits per heavy atom. The van der Waals surface area contributed by atoms with Crippen molar-refractivity contribution in [2.75, 3.05) is 6.73 Å². The molecule has 3 heterocycles. The Labute approximate surface area is 177 Å². The van der Waals surface area contributed by atoms with Gasteiger partial charge in [0.25, 0.3) is 5.69 Å². The Bertz CT molecular complexity index is 1210. The van der Waals surface area contributed by atoms with Crippen molar-refractivity contribution >= 4 is 17.5 Å². The molecule has 0 N–H and O–H groups in total. The fraction of sp³-hybridized carbons (Fsp3) is 0.174. The lowest BCUT2D eigenvalue weighted by atomic mass is 10.00. The standard InChI is InChI=1S/C23H18N2O6/c1-14-22-16(11-24(13-30-22)12-18-3-2-8-29-18)10-19-21(26)20(31-23(14)19)9-15-4-6-17(7-5-15)25(27)28/h2-10H,11-13H2,1H3/b20-9-. The minimum Gasteiger partial charge on any atom is -0.477 e. The monoisotopic (exact) mass is 418 g/mol. The summed E-state index contributed by atoms with van der Waals surface area (Å²) >= 11 is 0. The van der Waals surface area contributed by atoms with E-state index >= 15 is 0 Å². The van der Waals surface area contributed by atoms with Crippen molar-refractivity contribution in [3.05, 3.63) is 92.6 Å². The summed E-state index contributed by atoms with van der Waals surface area (Å²) in [6, 6.07) is 11.5. The van der Waals surface area contributed by atoms with Crippen LogP contribution in [0.4, 0.5) is 5.69 Å². The van der Waals surface area contributed by atoms with Gasteiger partial charge in [0.15, 0.2) is 5.76 Å². The number of nitro benzene ring substituents is 1. The number of ketones is 1. The number of hydrogen-bond donors (Lipinski definition) is 0. The van der Waals surface area contributed by atoms with Crippen LogP contribution in [0.3, 0.4) is 0 Å². The molecule has 0 spiro atoms. The van der Waals surface area contributed by atoms with Crippen LogP contribution in [0.1, 0.15) is 32.8 Å². The number of non-ortho nitro benzene ring substituents is 1. The summed E-state index contributed by atoms with van der Waals surface area (Å²) in [5.41, 5.74) is 2.83. The van der Waals surface area contributed by atoms with Gasteiger partial charge in [-0.15, -0.1) is 0 Å². The molecule has 0 saturated heterocycles. The highest BCUT2D eigenvalue weighted by Gasteiger charge is 2.33. The molecule has 2 aliphatic rings. The van der Waals surface area contributed by atoms with Gasteiger partial charge in [-0.25, -0.2) is 0 Å². The summed E-state index contributed by atoms with van der Waals surface area (Å²) in [7, 11) is 0. The molecular weight excluding hydrogens is 400 g/mol. The number of benzene rings is 2. The van der Waals surface area contributed by atoms with Gasteiger partial charge in [0.1, 0.15) is 24.0 Å². The van der Waals surface area contributed by atoms with Crippen molar-refractivity contribution < 1.29 is 23.6 Å². The van der Waals surface area contributed by atoms with Gasteiger partial charge < -0.3 is 13.9 Å². The largest absolute Gasteiger partial charge is 0.477 e. The van der Waals surface area contributed by atoms with Crippen molar-refractivity contribution in [3.63, 3.8) is 0 Å². The molecule has 3 aromatic rings. The molecule has 2 aromatic carbocycles. The second-order valence-corrected chi connectivity index (χ2v) is 7.49. The van der Waals surface area contributed by atoms with E-state index in [0.717, 1.165) is 22.6 Å². The van der Waals surface area contributed by atoms with E-state index in [1.165, 1.54) is 12.1 Å². The van der Waals surface area contributed by atoms with Crippen molar-refractivity contribution in [3.8, 4) is 11.5 Å². The normalized spacial score (nSPS) is 16.5. The molecule has 156 valence electrons. The second kappa shape index (κ2) is 7.41. The lowest BCUT2D eigenvalue weighted by molar-refractivity contribution is -0.384. The maximum Gasteiger partial charge on any atom is 0.269 e. The van der Waals surface area contributed by atoms with Gasteiger partial charge in [-0.2, -0.15) is 0 Å². The van der Waals surface area contributed by atoms with Crippen LogP contribution in [-0.4, -0.2) is 22.3 Å². The first kappa shape index (κ1) is 19.1. The Morgan fingerprint density at radius 2 is 2.00 bits per heavy atom. The Hall–Kier alpha value is -3.91. The molecule has 0 bridgehead atoms. The minimum atomic E-state index is -0.465. The molecule has 0 amide bonds. The van der Waals surface area contributed by atoms with E-state index in [2.05, 4.69) is 4.90 Å². The van der Waals surface area contributed by atoms with Crippen LogP contribution in [-0.2, 0) is 13.1 Å². The Kier molecular flexibility index (Phi) is 4.56. The predicted octanol–water partition coefficient (Wildman–Crippen LogP) is 4.46. The molecule has 0 fully saturated rings. The third-order valence-corrected chi connectivity index (χ3v) is 5.36. The van der Waals surface area contributed by atoms with E-state index in [4.69, 9.17) is 13.9 Å². The molecular formula is C23H18N2O6. The lowest BCUT2D eigenvalue weighted by Crippen LogP contribution is -2.31. The van der Waals surface area contributed by atoms with Crippen LogP contribution in [0, 0.1) is 17.0 Å². The SMILES string of the molecule is Cc1c2c(cc3c1O/C(=C\c1ccc([N+](=O)[O-])cc1)C3=O)CN(Cc1ccco1)CO2. The zero-order valence-corrected chi connectivity index (χ0v) is 16.7. The topological polar surface area (TPSA) is 95.0 Å². The molecule has 8 nitrogen and oxygen atoms in total. The maximum atomic E-state index is 13.0. The van der Waals surface area contributed by atoms with Crippen LogP contribution < -0.4 is 9.47 Å². The highest BCUT2D eigenvalue weighted by Crippen LogP contribution is 2.43. The highest BCUT2D eigenvalue weighted by atomic mass is 16.6. The fourth-order valence-electron chi connectivity index (χ4n) is 3.86. The van der Waals surface area contributed by atoms with Gasteiger partial charge in [-0.05, 0) is 48.9 Å². The van der Waals surface area contributed by atoms with Gasteiger partial charge in [0.05, 0.1) is 23.3 Å². The van der Waals surface area contributed by atoms with E-state index < -0.39 is 4.92 Å². The number of fused-ring (bicyclic) bond motifs is 2. The summed E-state index contributed by atoms with van der Waals surface area (Å²) in [5.74, 6) is 2.04. The van der Waals surface area contributed by atoms with E-state index in [1.807, 2.05) is 25.1 Å². The van der Waals surface area contributed by atoms with E-state index in [-0.39, 0.29) is 17.2 Å². The number of Topliss-reactive ketones (excluding diaryl/α,β-unsaturated/α-hetero) is 1. The number of nitrogens with zero attached hydrogens (tertiary/aromatic N) is 2. The lowest BCUT2D eigenvalue weighted by Gasteiger charge is -2.29. The molecule has 5 rings (SSSR count). The predicted molar refractivity (Wildman–Crippen MR) is 111 cm³/mol. The van der Waals surface area contributed by atoms with Gasteiger partial charge in [-0.1, -0.05) is 0 Å². The first-order valence-electron chi connectivity index (χ1n) is 9.72. The van der Waals surface area contributed by atoms with Crippen molar-refractivity contribution in [2.45, 2.75) is 20.0 Å². The molecule has 0 atom stereocenters. The van der Waals surface area contributed by atoms with E-state index in [9.17, 15) is 14.9 Å². The highest BCUT2D eigenvalue weighted by molar-refractivity contribution is 6.15. The molecule has 8 heteroatoms. The first-order chi connectivity index (χ1) is 15.0. The van der Waals surface area contributed by atoms with Crippen molar-refractivity contribution in [1.29, 1.82) is 0 Å². The zero-order valence-electron chi connectivity index (χ0n) is 16.7. The summed E-state index contributed by atoms with van der Waals surface area (Å²) < 4.78 is 17.3. The quantitative estimate of drug-likeness (QED) is 0.351. The molecule has 0 aliphatic carbocycles. The van der Waals surface area contributed by atoms with Crippen LogP contribution >= 0.6 is 0 Å². The zero-order chi connectivity index (χ0) is 21.5. The summed E-state index contributed by atoms with van der Waals surface area (Å²) in [5, 5.41) is 10.8. The number of ether oxygens (including phenoxy) is 2. The maximum absolute atomic E-state index is 13.0. The number of carbonyl (C=O) groups excluding carboxylic acids is 1. The average molecular weight is 418 g/mol. The average Bonchev–Trinajstić information content (AvgIpc) is 3.38. The third kappa shape index (κ3) is 3.47. The third-order valence-electron chi connectivity index (χ3n) is 5.36. The van der Waals surface area contributed by atoms with Crippen molar-refractivity contribution in [2.24, 2.45) is 0 Å². The van der Waals surface area contributed by atoms with Gasteiger partial charge in [0, 0.05) is 29.8 Å². The van der Waals surface area contributed by atoms with Crippen LogP contribution in [0.15, 0.2) is 58.9 Å². The number of hydrogen-bond acceptors (Lipinski definition) is 7. The van der Waals surface area contributed by atoms with Crippen LogP contribution in [0.2, 0.25) is 0 Å².